The molecule has 1 saturated carbocycles. The highest BCUT2D eigenvalue weighted by atomic mass is 32.1. The van der Waals surface area contributed by atoms with Crippen LogP contribution >= 0.6 is 11.3 Å². The minimum atomic E-state index is -1.12. The number of thiazole rings is 1. The highest BCUT2D eigenvalue weighted by molar-refractivity contribution is 7.18. The number of carbonyl (C=O) groups excluding carboxylic acids is 1. The molecule has 11 heteroatoms. The number of guanidine groups is 1. The Kier molecular flexibility index (Phi) is 5.44. The Morgan fingerprint density at radius 2 is 1.94 bits per heavy atom. The van der Waals surface area contributed by atoms with Crippen LogP contribution in [0.15, 0.2) is 34.3 Å². The van der Waals surface area contributed by atoms with E-state index >= 15 is 0 Å². The van der Waals surface area contributed by atoms with E-state index in [1.807, 2.05) is 24.3 Å². The first kappa shape index (κ1) is 20.5. The monoisotopic (exact) mass is 444 g/mol. The van der Waals surface area contributed by atoms with Gasteiger partial charge in [-0.1, -0.05) is 12.1 Å². The number of amidine groups is 1. The van der Waals surface area contributed by atoms with Gasteiger partial charge in [-0.15, -0.1) is 11.3 Å². The van der Waals surface area contributed by atoms with Crippen LogP contribution in [0.4, 0.5) is 0 Å². The predicted octanol–water partition coefficient (Wildman–Crippen LogP) is -1.07. The molecule has 2 aliphatic heterocycles. The number of hydrogen-bond acceptors (Lipinski definition) is 9. The summed E-state index contributed by atoms with van der Waals surface area (Å²) in [5.74, 6) is -0.886. The van der Waals surface area contributed by atoms with Crippen LogP contribution in [0.1, 0.15) is 17.3 Å². The molecule has 1 unspecified atom stereocenters. The molecule has 1 aliphatic carbocycles. The van der Waals surface area contributed by atoms with Gasteiger partial charge in [-0.05, 0) is 18.6 Å². The first-order chi connectivity index (χ1) is 15.0. The maximum atomic E-state index is 13.1. The second-order valence-corrected chi connectivity index (χ2v) is 9.16. The van der Waals surface area contributed by atoms with Crippen LogP contribution in [-0.2, 0) is 4.79 Å². The van der Waals surface area contributed by atoms with E-state index in [0.717, 1.165) is 23.3 Å². The van der Waals surface area contributed by atoms with E-state index in [2.05, 4.69) is 30.9 Å². The number of nitrogens with zero attached hydrogens (tertiary/aromatic N) is 3. The Morgan fingerprint density at radius 1 is 1.13 bits per heavy atom. The normalized spacial score (nSPS) is 34.2. The number of para-hydroxylation sites is 1. The maximum Gasteiger partial charge on any atom is 0.244 e. The van der Waals surface area contributed by atoms with Gasteiger partial charge in [0, 0.05) is 25.6 Å². The van der Waals surface area contributed by atoms with Gasteiger partial charge in [-0.25, -0.2) is 9.98 Å². The van der Waals surface area contributed by atoms with Crippen molar-refractivity contribution in [3.8, 4) is 0 Å². The van der Waals surface area contributed by atoms with Crippen molar-refractivity contribution < 1.29 is 20.1 Å². The second-order valence-electron chi connectivity index (χ2n) is 8.10. The number of hydrogen-bond donors (Lipinski definition) is 6. The highest BCUT2D eigenvalue weighted by Crippen LogP contribution is 2.32. The standard InChI is InChI=1S/C20H24N6O4S/c27-8-9-5-12(16(29)15(9)28)23-17-14(19-24-11-3-1-2-4-13(11)31-19)18(30)26-20(25-17)22-10-6-21-7-10/h1-4,9-10,12,14-16,21,27-29H,5-8H2,(H2,22,23,25,26,30)/t9-,12-,14?,15-,16+/m1/s1. The van der Waals surface area contributed by atoms with Crippen molar-refractivity contribution in [2.75, 3.05) is 19.7 Å². The zero-order valence-corrected chi connectivity index (χ0v) is 17.4. The summed E-state index contributed by atoms with van der Waals surface area (Å²) in [5, 5.41) is 39.7. The largest absolute Gasteiger partial charge is 0.396 e. The molecular formula is C20H24N6O4S. The van der Waals surface area contributed by atoms with E-state index in [9.17, 15) is 20.1 Å². The molecule has 0 radical (unpaired) electrons. The van der Waals surface area contributed by atoms with Crippen LogP contribution in [-0.4, -0.2) is 82.0 Å². The minimum Gasteiger partial charge on any atom is -0.396 e. The number of rotatable bonds is 4. The lowest BCUT2D eigenvalue weighted by atomic mass is 10.1. The fourth-order valence-electron chi connectivity index (χ4n) is 4.08. The molecule has 1 aromatic carbocycles. The molecule has 0 bridgehead atoms. The SMILES string of the molecule is O=C1NC(=NC2CNC2)NC(=N[C@@H]2C[C@H](CO)[C@@H](O)[C@H]2O)C1c1nc2ccccc2s1. The van der Waals surface area contributed by atoms with Gasteiger partial charge in [0.2, 0.25) is 11.9 Å². The van der Waals surface area contributed by atoms with Crippen molar-refractivity contribution in [3.63, 3.8) is 0 Å². The molecule has 5 atom stereocenters. The topological polar surface area (TPSA) is 151 Å². The highest BCUT2D eigenvalue weighted by Gasteiger charge is 2.43. The number of amides is 1. The van der Waals surface area contributed by atoms with Crippen LogP contribution in [0.3, 0.4) is 0 Å². The number of fused-ring (bicyclic) bond motifs is 1. The van der Waals surface area contributed by atoms with E-state index in [0.29, 0.717) is 23.2 Å². The third-order valence-corrected chi connectivity index (χ3v) is 7.06. The number of aliphatic hydroxyl groups excluding tert-OH is 3. The lowest BCUT2D eigenvalue weighted by Crippen LogP contribution is -2.57. The van der Waals surface area contributed by atoms with Crippen LogP contribution in [0.5, 0.6) is 0 Å². The smallest absolute Gasteiger partial charge is 0.244 e. The number of aliphatic imine (C=N–C) groups is 2. The third-order valence-electron chi connectivity index (χ3n) is 5.96. The van der Waals surface area contributed by atoms with E-state index < -0.39 is 30.1 Å². The van der Waals surface area contributed by atoms with Crippen LogP contribution in [0.25, 0.3) is 10.2 Å². The zero-order valence-electron chi connectivity index (χ0n) is 16.6. The number of benzene rings is 1. The van der Waals surface area contributed by atoms with Gasteiger partial charge in [0.15, 0.2) is 0 Å². The molecule has 1 amide bonds. The molecule has 164 valence electrons. The molecule has 0 spiro atoms. The summed E-state index contributed by atoms with van der Waals surface area (Å²) < 4.78 is 0.960. The summed E-state index contributed by atoms with van der Waals surface area (Å²) in [6.45, 7) is 1.23. The number of carbonyl (C=O) groups is 1. The van der Waals surface area contributed by atoms with Crippen molar-refractivity contribution >= 4 is 39.3 Å². The van der Waals surface area contributed by atoms with E-state index in [4.69, 9.17) is 0 Å². The molecule has 31 heavy (non-hydrogen) atoms. The van der Waals surface area contributed by atoms with E-state index in [-0.39, 0.29) is 18.6 Å². The third kappa shape index (κ3) is 3.83. The fraction of sp³-hybridized carbons (Fsp3) is 0.500. The van der Waals surface area contributed by atoms with Gasteiger partial charge in [-0.2, -0.15) is 0 Å². The van der Waals surface area contributed by atoms with E-state index in [1.54, 1.807) is 0 Å². The zero-order chi connectivity index (χ0) is 21.5. The minimum absolute atomic E-state index is 0.0701. The Bertz CT molecular complexity index is 1020. The van der Waals surface area contributed by atoms with Gasteiger partial charge >= 0.3 is 0 Å². The first-order valence-electron chi connectivity index (χ1n) is 10.3. The predicted molar refractivity (Wildman–Crippen MR) is 116 cm³/mol. The summed E-state index contributed by atoms with van der Waals surface area (Å²) in [5.41, 5.74) is 0.798. The fourth-order valence-corrected chi connectivity index (χ4v) is 5.16. The van der Waals surface area contributed by atoms with Crippen molar-refractivity contribution in [2.45, 2.75) is 36.6 Å². The van der Waals surface area contributed by atoms with Gasteiger partial charge in [0.25, 0.3) is 0 Å². The van der Waals surface area contributed by atoms with Crippen LogP contribution < -0.4 is 16.0 Å². The summed E-state index contributed by atoms with van der Waals surface area (Å²) >= 11 is 1.41. The Hall–Kier alpha value is -2.44. The van der Waals surface area contributed by atoms with E-state index in [1.165, 1.54) is 11.3 Å². The molecule has 3 aliphatic rings. The van der Waals surface area contributed by atoms with Crippen molar-refractivity contribution in [3.05, 3.63) is 29.3 Å². The molecule has 6 N–H and O–H groups in total. The number of aromatic nitrogens is 1. The van der Waals surface area contributed by atoms with Gasteiger partial charge in [0.05, 0.1) is 28.4 Å². The van der Waals surface area contributed by atoms with Gasteiger partial charge in [0.1, 0.15) is 22.9 Å². The Balaban J connectivity index is 1.51. The lowest BCUT2D eigenvalue weighted by molar-refractivity contribution is -0.120. The Labute approximate surface area is 182 Å². The first-order valence-corrected chi connectivity index (χ1v) is 11.1. The maximum absolute atomic E-state index is 13.1. The summed E-state index contributed by atoms with van der Waals surface area (Å²) in [6.07, 6.45) is -1.87. The quantitative estimate of drug-likeness (QED) is 0.351. The molecule has 10 nitrogen and oxygen atoms in total. The molecule has 3 heterocycles. The molecular weight excluding hydrogens is 420 g/mol. The molecule has 2 saturated heterocycles. The van der Waals surface area contributed by atoms with Crippen molar-refractivity contribution in [2.24, 2.45) is 15.9 Å². The number of aliphatic hydroxyl groups is 3. The average Bonchev–Trinajstić information content (AvgIpc) is 3.26. The number of nitrogens with one attached hydrogen (secondary N) is 3. The van der Waals surface area contributed by atoms with Gasteiger partial charge in [-0.3, -0.25) is 15.1 Å². The molecule has 5 rings (SSSR count). The summed E-state index contributed by atoms with van der Waals surface area (Å²) in [4.78, 5) is 26.9. The summed E-state index contributed by atoms with van der Waals surface area (Å²) in [6, 6.07) is 7.06. The van der Waals surface area contributed by atoms with Crippen molar-refractivity contribution in [1.29, 1.82) is 0 Å². The lowest BCUT2D eigenvalue weighted by Gasteiger charge is -2.29. The Morgan fingerprint density at radius 3 is 2.61 bits per heavy atom. The van der Waals surface area contributed by atoms with Gasteiger partial charge < -0.3 is 26.0 Å². The van der Waals surface area contributed by atoms with Crippen LogP contribution in [0.2, 0.25) is 0 Å². The van der Waals surface area contributed by atoms with Crippen molar-refractivity contribution in [1.82, 2.24) is 20.9 Å². The summed E-state index contributed by atoms with van der Waals surface area (Å²) in [7, 11) is 0. The molecule has 1 aromatic heterocycles. The van der Waals surface area contributed by atoms with Crippen LogP contribution in [0, 0.1) is 5.92 Å². The molecule has 3 fully saturated rings. The second kappa shape index (κ2) is 8.24. The average molecular weight is 445 g/mol. The molecule has 2 aromatic rings.